The summed E-state index contributed by atoms with van der Waals surface area (Å²) >= 11 is 0. The first-order valence-corrected chi connectivity index (χ1v) is 7.86. The van der Waals surface area contributed by atoms with Crippen LogP contribution in [0.4, 0.5) is 0 Å². The minimum Gasteiger partial charge on any atom is -0.308 e. The van der Waals surface area contributed by atoms with Crippen molar-refractivity contribution in [2.45, 2.75) is 31.5 Å². The topological polar surface area (TPSA) is 105 Å². The highest BCUT2D eigenvalue weighted by molar-refractivity contribution is 8.77. The third kappa shape index (κ3) is 3.10. The number of hydrogen-bond donors (Lipinski definition) is 0. The zero-order valence-electron chi connectivity index (χ0n) is 9.35. The fraction of sp³-hybridized carbons (Fsp3) is 1.00. The maximum Gasteiger partial charge on any atom is 0.294 e. The van der Waals surface area contributed by atoms with Gasteiger partial charge in [0.15, 0.2) is 0 Å². The number of hydrogen-bond acceptors (Lipinski definition) is 8. The zero-order valence-corrected chi connectivity index (χ0v) is 11.0. The third-order valence-corrected chi connectivity index (χ3v) is 6.10. The average Bonchev–Trinajstić information content (AvgIpc) is 2.70. The Labute approximate surface area is 110 Å². The van der Waals surface area contributed by atoms with Crippen molar-refractivity contribution >= 4 is 21.6 Å². The third-order valence-electron chi connectivity index (χ3n) is 3.26. The lowest BCUT2D eigenvalue weighted by molar-refractivity contribution is -0.800. The summed E-state index contributed by atoms with van der Waals surface area (Å²) < 4.78 is 0. The molecule has 1 aliphatic heterocycles. The second kappa shape index (κ2) is 5.39. The molecule has 2 aliphatic rings. The normalized spacial score (nSPS) is 30.0. The van der Waals surface area contributed by atoms with E-state index in [4.69, 9.17) is 0 Å². The predicted octanol–water partition coefficient (Wildman–Crippen LogP) is 1.71. The lowest BCUT2D eigenvalue weighted by Gasteiger charge is -2.39. The minimum atomic E-state index is -0.906. The summed E-state index contributed by atoms with van der Waals surface area (Å²) in [5.41, 5.74) is -0.00747. The van der Waals surface area contributed by atoms with Crippen LogP contribution in [0.2, 0.25) is 0 Å². The van der Waals surface area contributed by atoms with Gasteiger partial charge in [-0.2, -0.15) is 0 Å². The van der Waals surface area contributed by atoms with Crippen LogP contribution < -0.4 is 0 Å². The maximum absolute atomic E-state index is 10.4. The Morgan fingerprint density at radius 2 is 1.61 bits per heavy atom. The van der Waals surface area contributed by atoms with Crippen LogP contribution in [0.1, 0.15) is 19.3 Å². The van der Waals surface area contributed by atoms with Gasteiger partial charge in [-0.15, -0.1) is 20.2 Å². The summed E-state index contributed by atoms with van der Waals surface area (Å²) in [6.07, 6.45) is -0.0547. The molecule has 1 saturated heterocycles. The SMILES string of the molecule is O=[N+]([O-])OC1CCC2(CSSC2)CC1O[N+](=O)[O-]. The summed E-state index contributed by atoms with van der Waals surface area (Å²) in [7, 11) is 3.46. The molecule has 0 N–H and O–H groups in total. The van der Waals surface area contributed by atoms with Crippen molar-refractivity contribution < 1.29 is 19.8 Å². The van der Waals surface area contributed by atoms with E-state index >= 15 is 0 Å². The Morgan fingerprint density at radius 3 is 2.17 bits per heavy atom. The summed E-state index contributed by atoms with van der Waals surface area (Å²) in [6.45, 7) is 0. The van der Waals surface area contributed by atoms with Gasteiger partial charge in [0, 0.05) is 11.5 Å². The summed E-state index contributed by atoms with van der Waals surface area (Å²) in [5, 5.41) is 19.0. The minimum absolute atomic E-state index is 0.00747. The largest absolute Gasteiger partial charge is 0.308 e. The van der Waals surface area contributed by atoms with Crippen molar-refractivity contribution in [1.82, 2.24) is 0 Å². The zero-order chi connectivity index (χ0) is 13.2. The molecule has 102 valence electrons. The molecule has 0 aromatic carbocycles. The molecule has 0 bridgehead atoms. The highest BCUT2D eigenvalue weighted by atomic mass is 33.1. The highest BCUT2D eigenvalue weighted by Gasteiger charge is 2.46. The predicted molar refractivity (Wildman–Crippen MR) is 64.9 cm³/mol. The van der Waals surface area contributed by atoms with Crippen LogP contribution in [0.3, 0.4) is 0 Å². The standard InChI is InChI=1S/C8H12N2O6S2/c11-9(12)15-6-1-2-8(4-17-18-5-8)3-7(6)16-10(13)14/h6-7H,1-5H2. The lowest BCUT2D eigenvalue weighted by Crippen LogP contribution is -2.45. The second-order valence-corrected chi connectivity index (χ2v) is 6.97. The molecule has 8 nitrogen and oxygen atoms in total. The molecule has 1 spiro atoms. The van der Waals surface area contributed by atoms with Crippen molar-refractivity contribution in [1.29, 1.82) is 0 Å². The van der Waals surface area contributed by atoms with E-state index in [0.29, 0.717) is 12.8 Å². The first-order valence-electron chi connectivity index (χ1n) is 5.37. The van der Waals surface area contributed by atoms with Gasteiger partial charge in [0.2, 0.25) is 0 Å². The van der Waals surface area contributed by atoms with Crippen molar-refractivity contribution in [3.05, 3.63) is 20.2 Å². The molecule has 18 heavy (non-hydrogen) atoms. The highest BCUT2D eigenvalue weighted by Crippen LogP contribution is 2.51. The van der Waals surface area contributed by atoms with Crippen molar-refractivity contribution in [3.63, 3.8) is 0 Å². The Hall–Kier alpha value is -0.900. The van der Waals surface area contributed by atoms with Gasteiger partial charge in [-0.1, -0.05) is 21.6 Å². The Balaban J connectivity index is 2.04. The molecular weight excluding hydrogens is 284 g/mol. The lowest BCUT2D eigenvalue weighted by atomic mass is 9.74. The first kappa shape index (κ1) is 13.5. The monoisotopic (exact) mass is 296 g/mol. The smallest absolute Gasteiger partial charge is 0.294 e. The molecule has 0 amide bonds. The van der Waals surface area contributed by atoms with Gasteiger partial charge in [-0.25, -0.2) is 0 Å². The fourth-order valence-corrected chi connectivity index (χ4v) is 5.90. The van der Waals surface area contributed by atoms with Crippen LogP contribution in [0, 0.1) is 25.6 Å². The van der Waals surface area contributed by atoms with Crippen LogP contribution >= 0.6 is 21.6 Å². The Bertz CT molecular complexity index is 348. The molecule has 2 atom stereocenters. The molecular formula is C8H12N2O6S2. The molecule has 2 unspecified atom stereocenters. The molecule has 1 heterocycles. The van der Waals surface area contributed by atoms with Gasteiger partial charge in [-0.05, 0) is 24.7 Å². The Morgan fingerprint density at radius 1 is 1.06 bits per heavy atom. The molecule has 10 heteroatoms. The van der Waals surface area contributed by atoms with E-state index in [1.54, 1.807) is 21.6 Å². The van der Waals surface area contributed by atoms with Crippen molar-refractivity contribution in [2.75, 3.05) is 11.5 Å². The molecule has 0 aromatic rings. The maximum atomic E-state index is 10.4. The molecule has 2 rings (SSSR count). The number of nitrogens with zero attached hydrogens (tertiary/aromatic N) is 2. The van der Waals surface area contributed by atoms with Gasteiger partial charge in [0.1, 0.15) is 12.2 Å². The van der Waals surface area contributed by atoms with E-state index < -0.39 is 22.4 Å². The molecule has 1 aliphatic carbocycles. The fourth-order valence-electron chi connectivity index (χ4n) is 2.38. The van der Waals surface area contributed by atoms with Gasteiger partial charge < -0.3 is 9.68 Å². The molecule has 0 aromatic heterocycles. The Kier molecular flexibility index (Phi) is 4.05. The van der Waals surface area contributed by atoms with Gasteiger partial charge in [0.05, 0.1) is 0 Å². The summed E-state index contributed by atoms with van der Waals surface area (Å²) in [6, 6.07) is 0. The van der Waals surface area contributed by atoms with E-state index in [0.717, 1.165) is 17.9 Å². The van der Waals surface area contributed by atoms with Gasteiger partial charge in [0.25, 0.3) is 10.2 Å². The van der Waals surface area contributed by atoms with Crippen LogP contribution in [0.15, 0.2) is 0 Å². The first-order chi connectivity index (χ1) is 8.51. The van der Waals surface area contributed by atoms with E-state index in [9.17, 15) is 20.2 Å². The molecule has 1 saturated carbocycles. The quantitative estimate of drug-likeness (QED) is 0.438. The molecule has 0 radical (unpaired) electrons. The second-order valence-electron chi connectivity index (χ2n) is 4.50. The summed E-state index contributed by atoms with van der Waals surface area (Å²) in [5.74, 6) is 1.81. The van der Waals surface area contributed by atoms with E-state index in [1.165, 1.54) is 0 Å². The van der Waals surface area contributed by atoms with Gasteiger partial charge in [-0.3, -0.25) is 0 Å². The van der Waals surface area contributed by atoms with E-state index in [2.05, 4.69) is 9.68 Å². The number of rotatable bonds is 4. The van der Waals surface area contributed by atoms with Crippen LogP contribution in [0.5, 0.6) is 0 Å². The van der Waals surface area contributed by atoms with Crippen LogP contribution in [0.25, 0.3) is 0 Å². The van der Waals surface area contributed by atoms with Crippen molar-refractivity contribution in [2.24, 2.45) is 5.41 Å². The van der Waals surface area contributed by atoms with Crippen LogP contribution in [-0.4, -0.2) is 33.9 Å². The average molecular weight is 296 g/mol. The van der Waals surface area contributed by atoms with E-state index in [-0.39, 0.29) is 5.41 Å². The molecule has 2 fully saturated rings. The summed E-state index contributed by atoms with van der Waals surface area (Å²) in [4.78, 5) is 29.9. The van der Waals surface area contributed by atoms with Gasteiger partial charge >= 0.3 is 0 Å². The van der Waals surface area contributed by atoms with Crippen molar-refractivity contribution in [3.8, 4) is 0 Å². The van der Waals surface area contributed by atoms with E-state index in [1.807, 2.05) is 0 Å². The van der Waals surface area contributed by atoms with Crippen LogP contribution in [-0.2, 0) is 9.68 Å².